The molecular weight excluding hydrogens is 354 g/mol. The predicted molar refractivity (Wildman–Crippen MR) is 110 cm³/mol. The fourth-order valence-corrected chi connectivity index (χ4v) is 3.28. The number of anilines is 1. The molecule has 0 saturated heterocycles. The van der Waals surface area contributed by atoms with Gasteiger partial charge in [0.15, 0.2) is 11.2 Å². The van der Waals surface area contributed by atoms with Gasteiger partial charge in [0.05, 0.1) is 12.6 Å². The van der Waals surface area contributed by atoms with E-state index < -0.39 is 11.2 Å². The summed E-state index contributed by atoms with van der Waals surface area (Å²) < 4.78 is 3.18. The van der Waals surface area contributed by atoms with Gasteiger partial charge < -0.3 is 5.32 Å². The monoisotopic (exact) mass is 375 g/mol. The van der Waals surface area contributed by atoms with Gasteiger partial charge in [0, 0.05) is 7.05 Å². The zero-order valence-corrected chi connectivity index (χ0v) is 15.7. The van der Waals surface area contributed by atoms with Crippen LogP contribution in [0.15, 0.2) is 70.3 Å². The molecule has 28 heavy (non-hydrogen) atoms. The third-order valence-corrected chi connectivity index (χ3v) is 4.84. The average molecular weight is 375 g/mol. The van der Waals surface area contributed by atoms with E-state index in [4.69, 9.17) is 0 Å². The Morgan fingerprint density at radius 2 is 1.68 bits per heavy atom. The van der Waals surface area contributed by atoms with Gasteiger partial charge in [-0.2, -0.15) is 4.98 Å². The lowest BCUT2D eigenvalue weighted by Crippen LogP contribution is -2.29. The Morgan fingerprint density at radius 3 is 2.36 bits per heavy atom. The molecular formula is C21H21N5O2. The maximum absolute atomic E-state index is 12.6. The molecule has 7 heteroatoms. The number of fused-ring (bicyclic) bond motifs is 1. The fraction of sp³-hybridized carbons (Fsp3) is 0.190. The van der Waals surface area contributed by atoms with E-state index in [2.05, 4.69) is 15.3 Å². The number of nitrogens with one attached hydrogen (secondary N) is 2. The Balaban J connectivity index is 1.85. The number of benzene rings is 2. The van der Waals surface area contributed by atoms with Crippen LogP contribution in [0.5, 0.6) is 0 Å². The number of imidazole rings is 1. The van der Waals surface area contributed by atoms with Crippen molar-refractivity contribution < 1.29 is 0 Å². The van der Waals surface area contributed by atoms with E-state index in [0.717, 1.165) is 11.1 Å². The van der Waals surface area contributed by atoms with Crippen molar-refractivity contribution >= 4 is 17.1 Å². The first-order valence-electron chi connectivity index (χ1n) is 9.09. The number of hydrogen-bond donors (Lipinski definition) is 2. The maximum Gasteiger partial charge on any atom is 0.329 e. The third kappa shape index (κ3) is 3.22. The van der Waals surface area contributed by atoms with Crippen molar-refractivity contribution in [1.82, 2.24) is 19.1 Å². The highest BCUT2D eigenvalue weighted by molar-refractivity contribution is 5.74. The lowest BCUT2D eigenvalue weighted by molar-refractivity contribution is 0.782. The highest BCUT2D eigenvalue weighted by Crippen LogP contribution is 2.22. The molecule has 4 aromatic rings. The molecule has 7 nitrogen and oxygen atoms in total. The van der Waals surface area contributed by atoms with Gasteiger partial charge in [-0.25, -0.2) is 4.79 Å². The van der Waals surface area contributed by atoms with E-state index >= 15 is 0 Å². The van der Waals surface area contributed by atoms with Crippen molar-refractivity contribution in [3.63, 3.8) is 0 Å². The summed E-state index contributed by atoms with van der Waals surface area (Å²) in [7, 11) is 1.60. The molecule has 0 radical (unpaired) electrons. The molecule has 4 rings (SSSR count). The third-order valence-electron chi connectivity index (χ3n) is 4.84. The van der Waals surface area contributed by atoms with Crippen molar-refractivity contribution in [2.24, 2.45) is 7.05 Å². The van der Waals surface area contributed by atoms with Crippen LogP contribution in [0.3, 0.4) is 0 Å². The Hall–Kier alpha value is -3.61. The second-order valence-corrected chi connectivity index (χ2v) is 6.77. The van der Waals surface area contributed by atoms with Crippen LogP contribution in [-0.2, 0) is 13.6 Å². The van der Waals surface area contributed by atoms with Crippen LogP contribution in [-0.4, -0.2) is 19.1 Å². The highest BCUT2D eigenvalue weighted by Gasteiger charge is 2.19. The van der Waals surface area contributed by atoms with Gasteiger partial charge in [-0.3, -0.25) is 18.9 Å². The summed E-state index contributed by atoms with van der Waals surface area (Å²) in [6.45, 7) is 2.49. The van der Waals surface area contributed by atoms with Crippen molar-refractivity contribution in [3.05, 3.63) is 92.6 Å². The lowest BCUT2D eigenvalue weighted by Gasteiger charge is -2.16. The lowest BCUT2D eigenvalue weighted by atomic mass is 10.1. The van der Waals surface area contributed by atoms with Crippen LogP contribution in [0.25, 0.3) is 11.2 Å². The molecule has 0 fully saturated rings. The first-order chi connectivity index (χ1) is 13.5. The molecule has 142 valence electrons. The van der Waals surface area contributed by atoms with Gasteiger partial charge in [-0.05, 0) is 18.1 Å². The molecule has 0 aliphatic rings. The quantitative estimate of drug-likeness (QED) is 0.562. The first-order valence-corrected chi connectivity index (χ1v) is 9.09. The van der Waals surface area contributed by atoms with Crippen LogP contribution in [0.4, 0.5) is 5.95 Å². The summed E-state index contributed by atoms with van der Waals surface area (Å²) in [5, 5.41) is 3.39. The summed E-state index contributed by atoms with van der Waals surface area (Å²) in [5.74, 6) is 0.543. The highest BCUT2D eigenvalue weighted by atomic mass is 16.2. The van der Waals surface area contributed by atoms with E-state index in [-0.39, 0.29) is 6.04 Å². The zero-order chi connectivity index (χ0) is 19.7. The SMILES string of the molecule is C[C@H](Nc1nc2c(c(=O)[nH]c(=O)n2C)n1Cc1ccccc1)c1ccccc1. The molecule has 0 unspecified atom stereocenters. The standard InChI is InChI=1S/C21H21N5O2/c1-14(16-11-7-4-8-12-16)22-20-23-18-17(19(27)24-21(28)25(18)2)26(20)13-15-9-5-3-6-10-15/h3-12,14H,13H2,1-2H3,(H,22,23)(H,24,27,28)/t14-/m0/s1. The topological polar surface area (TPSA) is 84.7 Å². The minimum atomic E-state index is -0.482. The van der Waals surface area contributed by atoms with Crippen LogP contribution in [0, 0.1) is 0 Å². The summed E-state index contributed by atoms with van der Waals surface area (Å²) in [6.07, 6.45) is 0. The molecule has 0 saturated carbocycles. The first kappa shape index (κ1) is 17.8. The zero-order valence-electron chi connectivity index (χ0n) is 15.7. The van der Waals surface area contributed by atoms with Gasteiger partial charge in [0.25, 0.3) is 5.56 Å². The molecule has 0 aliphatic carbocycles. The van der Waals surface area contributed by atoms with Crippen molar-refractivity contribution in [3.8, 4) is 0 Å². The van der Waals surface area contributed by atoms with Gasteiger partial charge >= 0.3 is 5.69 Å². The minimum absolute atomic E-state index is 0.0244. The number of aromatic amines is 1. The molecule has 0 spiro atoms. The summed E-state index contributed by atoms with van der Waals surface area (Å²) in [6, 6.07) is 19.8. The number of aryl methyl sites for hydroxylation is 1. The Morgan fingerprint density at radius 1 is 1.04 bits per heavy atom. The molecule has 0 bridgehead atoms. The Bertz CT molecular complexity index is 1220. The smallest absolute Gasteiger partial charge is 0.329 e. The van der Waals surface area contributed by atoms with Crippen molar-refractivity contribution in [1.29, 1.82) is 0 Å². The van der Waals surface area contributed by atoms with Gasteiger partial charge in [0.1, 0.15) is 0 Å². The van der Waals surface area contributed by atoms with Gasteiger partial charge in [-0.1, -0.05) is 60.7 Å². The number of hydrogen-bond acceptors (Lipinski definition) is 4. The van der Waals surface area contributed by atoms with Crippen LogP contribution in [0.2, 0.25) is 0 Å². The number of H-pyrrole nitrogens is 1. The molecule has 0 aliphatic heterocycles. The molecule has 2 aromatic carbocycles. The van der Waals surface area contributed by atoms with E-state index in [1.54, 1.807) is 7.05 Å². The van der Waals surface area contributed by atoms with E-state index in [9.17, 15) is 9.59 Å². The minimum Gasteiger partial charge on any atom is -0.349 e. The second-order valence-electron chi connectivity index (χ2n) is 6.77. The maximum atomic E-state index is 12.6. The summed E-state index contributed by atoms with van der Waals surface area (Å²) in [4.78, 5) is 31.5. The number of rotatable bonds is 5. The average Bonchev–Trinajstić information content (AvgIpc) is 3.06. The van der Waals surface area contributed by atoms with Crippen molar-refractivity contribution in [2.75, 3.05) is 5.32 Å². The second kappa shape index (κ2) is 7.19. The van der Waals surface area contributed by atoms with Crippen molar-refractivity contribution in [2.45, 2.75) is 19.5 Å². The normalized spacial score (nSPS) is 12.2. The Labute approximate surface area is 161 Å². The van der Waals surface area contributed by atoms with E-state index in [1.165, 1.54) is 4.57 Å². The molecule has 2 N–H and O–H groups in total. The predicted octanol–water partition coefficient (Wildman–Crippen LogP) is 2.64. The molecule has 1 atom stereocenters. The van der Waals surface area contributed by atoms with Crippen LogP contribution < -0.4 is 16.6 Å². The number of aromatic nitrogens is 4. The molecule has 2 aromatic heterocycles. The largest absolute Gasteiger partial charge is 0.349 e. The fourth-order valence-electron chi connectivity index (χ4n) is 3.28. The van der Waals surface area contributed by atoms with Crippen LogP contribution in [0.1, 0.15) is 24.1 Å². The van der Waals surface area contributed by atoms with E-state index in [0.29, 0.717) is 23.7 Å². The summed E-state index contributed by atoms with van der Waals surface area (Å²) in [5.41, 5.74) is 1.93. The van der Waals surface area contributed by atoms with Gasteiger partial charge in [0.2, 0.25) is 5.95 Å². The Kier molecular flexibility index (Phi) is 4.57. The number of nitrogens with zero attached hydrogens (tertiary/aromatic N) is 3. The molecule has 0 amide bonds. The molecule has 2 heterocycles. The van der Waals surface area contributed by atoms with Crippen LogP contribution >= 0.6 is 0 Å². The summed E-state index contributed by atoms with van der Waals surface area (Å²) >= 11 is 0. The van der Waals surface area contributed by atoms with Gasteiger partial charge in [-0.15, -0.1) is 0 Å². The van der Waals surface area contributed by atoms with E-state index in [1.807, 2.05) is 72.2 Å².